The molecule has 3 rings (SSSR count). The van der Waals surface area contributed by atoms with Crippen LogP contribution in [0, 0.1) is 6.92 Å². The molecule has 1 aliphatic heterocycles. The summed E-state index contributed by atoms with van der Waals surface area (Å²) in [6, 6.07) is 5.59. The van der Waals surface area contributed by atoms with Crippen molar-refractivity contribution in [2.24, 2.45) is 0 Å². The van der Waals surface area contributed by atoms with E-state index >= 15 is 0 Å². The van der Waals surface area contributed by atoms with Crippen molar-refractivity contribution in [1.82, 2.24) is 4.90 Å². The third-order valence-electron chi connectivity index (χ3n) is 4.08. The van der Waals surface area contributed by atoms with Crippen LogP contribution in [0.15, 0.2) is 31.8 Å². The van der Waals surface area contributed by atoms with Gasteiger partial charge in [0.25, 0.3) is 0 Å². The van der Waals surface area contributed by atoms with E-state index in [2.05, 4.69) is 0 Å². The van der Waals surface area contributed by atoms with Crippen LogP contribution in [0.25, 0.3) is 0 Å². The van der Waals surface area contributed by atoms with Crippen LogP contribution in [0.5, 0.6) is 11.5 Å². The standard InChI is InChI=1S/C17H19NO7/c1-10(6-12-4-5-13-14(7-12)23-9-22-13)18(3)16(19)21-8-15-11(2)24-17(20)25-15/h4-5,7,10H,6,8-9H2,1-3H3/t10-/m1/s1. The number of ether oxygens (including phenoxy) is 3. The minimum Gasteiger partial charge on any atom is -0.454 e. The van der Waals surface area contributed by atoms with Crippen LogP contribution in [0.3, 0.4) is 0 Å². The molecule has 25 heavy (non-hydrogen) atoms. The Hall–Kier alpha value is -2.90. The van der Waals surface area contributed by atoms with Crippen LogP contribution < -0.4 is 15.3 Å². The van der Waals surface area contributed by atoms with Crippen LogP contribution in [0.2, 0.25) is 0 Å². The first kappa shape index (κ1) is 16.9. The van der Waals surface area contributed by atoms with Crippen LogP contribution in [-0.2, 0) is 17.8 Å². The first-order valence-electron chi connectivity index (χ1n) is 7.81. The maximum absolute atomic E-state index is 12.2. The molecule has 0 bridgehead atoms. The molecule has 1 aromatic heterocycles. The summed E-state index contributed by atoms with van der Waals surface area (Å²) >= 11 is 0. The fourth-order valence-electron chi connectivity index (χ4n) is 2.46. The first-order chi connectivity index (χ1) is 11.9. The molecule has 1 atom stereocenters. The number of rotatable bonds is 5. The number of nitrogens with zero attached hydrogens (tertiary/aromatic N) is 1. The molecule has 8 nitrogen and oxygen atoms in total. The Morgan fingerprint density at radius 3 is 2.76 bits per heavy atom. The Labute approximate surface area is 143 Å². The van der Waals surface area contributed by atoms with Crippen molar-refractivity contribution in [1.29, 1.82) is 0 Å². The second-order valence-electron chi connectivity index (χ2n) is 5.84. The van der Waals surface area contributed by atoms with E-state index in [4.69, 9.17) is 23.0 Å². The van der Waals surface area contributed by atoms with Gasteiger partial charge >= 0.3 is 11.9 Å². The summed E-state index contributed by atoms with van der Waals surface area (Å²) in [6.07, 6.45) is 0.110. The Kier molecular flexibility index (Phi) is 4.69. The largest absolute Gasteiger partial charge is 0.519 e. The fourth-order valence-corrected chi connectivity index (χ4v) is 2.46. The molecule has 1 amide bonds. The zero-order valence-corrected chi connectivity index (χ0v) is 14.2. The second-order valence-corrected chi connectivity index (χ2v) is 5.84. The molecule has 134 valence electrons. The molecule has 1 aliphatic rings. The predicted octanol–water partition coefficient (Wildman–Crippen LogP) is 2.47. The molecule has 0 N–H and O–H groups in total. The number of carbonyl (C=O) groups is 1. The van der Waals surface area contributed by atoms with Gasteiger partial charge < -0.3 is 27.9 Å². The lowest BCUT2D eigenvalue weighted by Gasteiger charge is -2.24. The Morgan fingerprint density at radius 2 is 2.04 bits per heavy atom. The monoisotopic (exact) mass is 349 g/mol. The van der Waals surface area contributed by atoms with Gasteiger partial charge in [0.15, 0.2) is 29.6 Å². The highest BCUT2D eigenvalue weighted by Gasteiger charge is 2.20. The first-order valence-corrected chi connectivity index (χ1v) is 7.81. The van der Waals surface area contributed by atoms with Gasteiger partial charge in [-0.05, 0) is 38.0 Å². The van der Waals surface area contributed by atoms with E-state index in [0.717, 1.165) is 11.3 Å². The zero-order valence-electron chi connectivity index (χ0n) is 14.2. The van der Waals surface area contributed by atoms with Gasteiger partial charge in [0.1, 0.15) is 0 Å². The number of benzene rings is 1. The van der Waals surface area contributed by atoms with Gasteiger partial charge in [0.05, 0.1) is 0 Å². The fraction of sp³-hybridized carbons (Fsp3) is 0.412. The predicted molar refractivity (Wildman–Crippen MR) is 85.7 cm³/mol. The van der Waals surface area contributed by atoms with E-state index in [0.29, 0.717) is 17.9 Å². The molecule has 0 radical (unpaired) electrons. The van der Waals surface area contributed by atoms with Gasteiger partial charge in [0, 0.05) is 13.1 Å². The average molecular weight is 349 g/mol. The summed E-state index contributed by atoms with van der Waals surface area (Å²) in [5.41, 5.74) is 1.02. The molecular weight excluding hydrogens is 330 g/mol. The molecule has 0 saturated heterocycles. The van der Waals surface area contributed by atoms with Crippen LogP contribution in [0.1, 0.15) is 24.0 Å². The van der Waals surface area contributed by atoms with Crippen LogP contribution >= 0.6 is 0 Å². The van der Waals surface area contributed by atoms with Gasteiger partial charge in [-0.15, -0.1) is 0 Å². The van der Waals surface area contributed by atoms with E-state index in [1.807, 2.05) is 25.1 Å². The number of carbonyl (C=O) groups excluding carboxylic acids is 1. The van der Waals surface area contributed by atoms with Gasteiger partial charge in [0.2, 0.25) is 6.79 Å². The highest BCUT2D eigenvalue weighted by Crippen LogP contribution is 2.32. The lowest BCUT2D eigenvalue weighted by molar-refractivity contribution is 0.0868. The molecule has 0 fully saturated rings. The minimum atomic E-state index is -0.812. The SMILES string of the molecule is Cc1oc(=O)oc1COC(=O)N(C)[C@H](C)Cc1ccc2c(c1)OCO2. The normalized spacial score (nSPS) is 13.6. The van der Waals surface area contributed by atoms with Crippen molar-refractivity contribution in [3.8, 4) is 11.5 Å². The molecule has 0 aliphatic carbocycles. The van der Waals surface area contributed by atoms with Crippen molar-refractivity contribution in [3.05, 3.63) is 45.9 Å². The highest BCUT2D eigenvalue weighted by molar-refractivity contribution is 5.67. The summed E-state index contributed by atoms with van der Waals surface area (Å²) in [4.78, 5) is 24.6. The summed E-state index contributed by atoms with van der Waals surface area (Å²) < 4.78 is 25.3. The number of amides is 1. The van der Waals surface area contributed by atoms with Gasteiger partial charge in [-0.2, -0.15) is 0 Å². The third kappa shape index (κ3) is 3.78. The Balaban J connectivity index is 1.56. The molecule has 2 heterocycles. The van der Waals surface area contributed by atoms with Gasteiger partial charge in [-0.1, -0.05) is 6.07 Å². The Morgan fingerprint density at radius 1 is 1.28 bits per heavy atom. The zero-order chi connectivity index (χ0) is 18.0. The van der Waals surface area contributed by atoms with Crippen LogP contribution in [0.4, 0.5) is 4.79 Å². The van der Waals surface area contributed by atoms with Crippen molar-refractivity contribution < 1.29 is 27.8 Å². The molecule has 0 unspecified atom stereocenters. The van der Waals surface area contributed by atoms with Crippen LogP contribution in [-0.4, -0.2) is 30.9 Å². The summed E-state index contributed by atoms with van der Waals surface area (Å²) in [7, 11) is 1.65. The number of hydrogen-bond donors (Lipinski definition) is 0. The number of likely N-dealkylation sites (N-methyl/N-ethyl adjacent to an activating group) is 1. The second kappa shape index (κ2) is 6.92. The topological polar surface area (TPSA) is 91.4 Å². The van der Waals surface area contributed by atoms with Crippen molar-refractivity contribution in [2.75, 3.05) is 13.8 Å². The molecular formula is C17H19NO7. The van der Waals surface area contributed by atoms with Gasteiger partial charge in [-0.3, -0.25) is 0 Å². The molecule has 1 aromatic carbocycles. The average Bonchev–Trinajstić information content (AvgIpc) is 3.17. The highest BCUT2D eigenvalue weighted by atomic mass is 16.7. The van der Waals surface area contributed by atoms with E-state index < -0.39 is 11.9 Å². The quantitative estimate of drug-likeness (QED) is 0.819. The van der Waals surface area contributed by atoms with E-state index in [9.17, 15) is 9.59 Å². The van der Waals surface area contributed by atoms with E-state index in [-0.39, 0.29) is 25.2 Å². The van der Waals surface area contributed by atoms with Crippen molar-refractivity contribution in [2.45, 2.75) is 32.9 Å². The molecule has 0 saturated carbocycles. The Bertz CT molecular complexity index is 823. The lowest BCUT2D eigenvalue weighted by atomic mass is 10.1. The minimum absolute atomic E-state index is 0.106. The van der Waals surface area contributed by atoms with E-state index in [1.54, 1.807) is 14.0 Å². The van der Waals surface area contributed by atoms with Gasteiger partial charge in [-0.25, -0.2) is 9.59 Å². The van der Waals surface area contributed by atoms with E-state index in [1.165, 1.54) is 4.90 Å². The lowest BCUT2D eigenvalue weighted by Crippen LogP contribution is -2.36. The smallest absolute Gasteiger partial charge is 0.454 e. The summed E-state index contributed by atoms with van der Waals surface area (Å²) in [6.45, 7) is 3.55. The molecule has 0 spiro atoms. The molecule has 8 heteroatoms. The third-order valence-corrected chi connectivity index (χ3v) is 4.08. The van der Waals surface area contributed by atoms with Crippen molar-refractivity contribution in [3.63, 3.8) is 0 Å². The maximum atomic E-state index is 12.2. The number of fused-ring (bicyclic) bond motifs is 1. The molecule has 2 aromatic rings. The number of hydrogen-bond acceptors (Lipinski definition) is 7. The summed E-state index contributed by atoms with van der Waals surface area (Å²) in [5.74, 6) is 1.12. The number of aryl methyl sites for hydroxylation is 1. The van der Waals surface area contributed by atoms with Crippen molar-refractivity contribution >= 4 is 6.09 Å². The maximum Gasteiger partial charge on any atom is 0.519 e. The summed E-state index contributed by atoms with van der Waals surface area (Å²) in [5, 5.41) is 0.